The highest BCUT2D eigenvalue weighted by Crippen LogP contribution is 2.43. The van der Waals surface area contributed by atoms with Gasteiger partial charge in [0.1, 0.15) is 18.1 Å². The number of likely N-dealkylation sites (tertiary alicyclic amines) is 1. The molecule has 3 aromatic carbocycles. The zero-order valence-corrected chi connectivity index (χ0v) is 20.9. The molecule has 0 aromatic heterocycles. The number of halogens is 1. The van der Waals surface area contributed by atoms with Crippen molar-refractivity contribution in [3.63, 3.8) is 0 Å². The van der Waals surface area contributed by atoms with Crippen molar-refractivity contribution < 1.29 is 19.4 Å². The van der Waals surface area contributed by atoms with Crippen LogP contribution in [-0.4, -0.2) is 27.7 Å². The fourth-order valence-electron chi connectivity index (χ4n) is 5.23. The lowest BCUT2D eigenvalue weighted by Crippen LogP contribution is -2.37. The van der Waals surface area contributed by atoms with Gasteiger partial charge in [0.25, 0.3) is 11.7 Å². The number of aliphatic hydroxyl groups is 1. The second-order valence-corrected chi connectivity index (χ2v) is 9.89. The summed E-state index contributed by atoms with van der Waals surface area (Å²) < 4.78 is 5.97. The van der Waals surface area contributed by atoms with Gasteiger partial charge >= 0.3 is 0 Å². The molecular weight excluding hydrogens is 474 g/mol. The van der Waals surface area contributed by atoms with Crippen LogP contribution in [-0.2, 0) is 16.2 Å². The molecule has 5 nitrogen and oxygen atoms in total. The third kappa shape index (κ3) is 4.63. The topological polar surface area (TPSA) is 66.8 Å². The van der Waals surface area contributed by atoms with Crippen molar-refractivity contribution >= 4 is 29.1 Å². The minimum Gasteiger partial charge on any atom is -0.507 e. The minimum absolute atomic E-state index is 0.0251. The van der Waals surface area contributed by atoms with Crippen molar-refractivity contribution in [1.29, 1.82) is 0 Å². The summed E-state index contributed by atoms with van der Waals surface area (Å²) in [7, 11) is 0. The van der Waals surface area contributed by atoms with Gasteiger partial charge in [-0.2, -0.15) is 0 Å². The smallest absolute Gasteiger partial charge is 0.295 e. The maximum atomic E-state index is 13.3. The molecule has 1 saturated heterocycles. The molecule has 1 heterocycles. The number of ketones is 1. The van der Waals surface area contributed by atoms with Gasteiger partial charge in [-0.15, -0.1) is 0 Å². The molecule has 0 radical (unpaired) electrons. The fraction of sp³-hybridized carbons (Fsp3) is 0.267. The number of hydrogen-bond acceptors (Lipinski definition) is 4. The van der Waals surface area contributed by atoms with Crippen LogP contribution in [0.4, 0.5) is 0 Å². The summed E-state index contributed by atoms with van der Waals surface area (Å²) in [6.45, 7) is 2.32. The molecule has 184 valence electrons. The number of ether oxygens (including phenoxy) is 1. The van der Waals surface area contributed by atoms with E-state index in [2.05, 4.69) is 0 Å². The van der Waals surface area contributed by atoms with Gasteiger partial charge in [0.2, 0.25) is 0 Å². The van der Waals surface area contributed by atoms with E-state index in [9.17, 15) is 14.7 Å². The lowest BCUT2D eigenvalue weighted by atomic mass is 9.94. The molecule has 5 rings (SSSR count). The van der Waals surface area contributed by atoms with E-state index < -0.39 is 17.7 Å². The predicted molar refractivity (Wildman–Crippen MR) is 140 cm³/mol. The Morgan fingerprint density at radius 2 is 1.69 bits per heavy atom. The van der Waals surface area contributed by atoms with E-state index in [1.807, 2.05) is 49.4 Å². The summed E-state index contributed by atoms with van der Waals surface area (Å²) >= 11 is 6.11. The Kier molecular flexibility index (Phi) is 6.84. The van der Waals surface area contributed by atoms with Crippen molar-refractivity contribution in [2.75, 3.05) is 0 Å². The third-order valence-electron chi connectivity index (χ3n) is 7.07. The van der Waals surface area contributed by atoms with Gasteiger partial charge in [0.05, 0.1) is 11.6 Å². The second-order valence-electron chi connectivity index (χ2n) is 9.45. The molecule has 2 fully saturated rings. The summed E-state index contributed by atoms with van der Waals surface area (Å²) in [5.74, 6) is -0.688. The standard InChI is InChI=1S/C30H28ClNO4/c1-19-17-22(13-16-25(19)36-18-20-7-3-2-4-8-20)28(33)26-27(21-11-14-23(31)15-12-21)32(30(35)29(26)34)24-9-5-6-10-24/h2-4,7-8,11-17,24,27,33H,5-6,9-10,18H2,1H3/b28-26-. The summed E-state index contributed by atoms with van der Waals surface area (Å²) in [6.07, 6.45) is 3.74. The first kappa shape index (κ1) is 24.1. The molecular formula is C30H28ClNO4. The molecule has 3 aromatic rings. The van der Waals surface area contributed by atoms with Gasteiger partial charge in [-0.1, -0.05) is 66.9 Å². The van der Waals surface area contributed by atoms with Gasteiger partial charge in [0.15, 0.2) is 0 Å². The molecule has 1 aliphatic carbocycles. The van der Waals surface area contributed by atoms with Crippen LogP contribution in [0.1, 0.15) is 54.0 Å². The van der Waals surface area contributed by atoms with Gasteiger partial charge in [-0.25, -0.2) is 0 Å². The first-order valence-electron chi connectivity index (χ1n) is 12.3. The van der Waals surface area contributed by atoms with E-state index >= 15 is 0 Å². The highest BCUT2D eigenvalue weighted by Gasteiger charge is 2.49. The van der Waals surface area contributed by atoms with Crippen molar-refractivity contribution in [3.05, 3.63) is 106 Å². The summed E-state index contributed by atoms with van der Waals surface area (Å²) in [4.78, 5) is 28.2. The molecule has 1 atom stereocenters. The van der Waals surface area contributed by atoms with Crippen LogP contribution < -0.4 is 4.74 Å². The molecule has 1 aliphatic heterocycles. The van der Waals surface area contributed by atoms with Gasteiger partial charge < -0.3 is 14.7 Å². The van der Waals surface area contributed by atoms with Crippen molar-refractivity contribution in [1.82, 2.24) is 4.90 Å². The zero-order chi connectivity index (χ0) is 25.2. The molecule has 6 heteroatoms. The van der Waals surface area contributed by atoms with E-state index in [0.29, 0.717) is 22.9 Å². The second kappa shape index (κ2) is 10.2. The highest BCUT2D eigenvalue weighted by atomic mass is 35.5. The number of Topliss-reactive ketones (excluding diaryl/α,β-unsaturated/α-hetero) is 1. The molecule has 36 heavy (non-hydrogen) atoms. The molecule has 1 saturated carbocycles. The minimum atomic E-state index is -0.653. The Balaban J connectivity index is 1.51. The van der Waals surface area contributed by atoms with Gasteiger partial charge in [-0.05, 0) is 66.8 Å². The molecule has 1 amide bonds. The third-order valence-corrected chi connectivity index (χ3v) is 7.32. The largest absolute Gasteiger partial charge is 0.507 e. The summed E-state index contributed by atoms with van der Waals surface area (Å²) in [6, 6.07) is 21.6. The predicted octanol–water partition coefficient (Wildman–Crippen LogP) is 6.59. The number of aryl methyl sites for hydroxylation is 1. The zero-order valence-electron chi connectivity index (χ0n) is 20.1. The van der Waals surface area contributed by atoms with E-state index in [1.54, 1.807) is 35.2 Å². The fourth-order valence-corrected chi connectivity index (χ4v) is 5.36. The summed E-state index contributed by atoms with van der Waals surface area (Å²) in [5.41, 5.74) is 3.22. The highest BCUT2D eigenvalue weighted by molar-refractivity contribution is 6.46. The first-order valence-corrected chi connectivity index (χ1v) is 12.6. The van der Waals surface area contributed by atoms with Crippen LogP contribution in [0.15, 0.2) is 78.4 Å². The van der Waals surface area contributed by atoms with Crippen molar-refractivity contribution in [2.24, 2.45) is 0 Å². The number of nitrogens with zero attached hydrogens (tertiary/aromatic N) is 1. The van der Waals surface area contributed by atoms with Crippen LogP contribution in [0.5, 0.6) is 5.75 Å². The normalized spacial score (nSPS) is 19.7. The maximum absolute atomic E-state index is 13.3. The van der Waals surface area contributed by atoms with Crippen molar-refractivity contribution in [2.45, 2.75) is 51.3 Å². The van der Waals surface area contributed by atoms with Gasteiger partial charge in [-0.3, -0.25) is 9.59 Å². The van der Waals surface area contributed by atoms with E-state index in [4.69, 9.17) is 16.3 Å². The van der Waals surface area contributed by atoms with E-state index in [1.165, 1.54) is 0 Å². The molecule has 0 spiro atoms. The number of hydrogen-bond donors (Lipinski definition) is 1. The molecule has 0 bridgehead atoms. The number of carbonyl (C=O) groups is 2. The molecule has 1 N–H and O–H groups in total. The Morgan fingerprint density at radius 3 is 2.36 bits per heavy atom. The first-order chi connectivity index (χ1) is 17.4. The van der Waals surface area contributed by atoms with Crippen molar-refractivity contribution in [3.8, 4) is 5.75 Å². The summed E-state index contributed by atoms with van der Waals surface area (Å²) in [5, 5.41) is 12.0. The van der Waals surface area contributed by atoms with Crippen LogP contribution in [0.2, 0.25) is 5.02 Å². The van der Waals surface area contributed by atoms with E-state index in [-0.39, 0.29) is 17.4 Å². The Bertz CT molecular complexity index is 1310. The van der Waals surface area contributed by atoms with Crippen LogP contribution in [0.3, 0.4) is 0 Å². The number of carbonyl (C=O) groups excluding carboxylic acids is 2. The lowest BCUT2D eigenvalue weighted by Gasteiger charge is -2.30. The van der Waals surface area contributed by atoms with Crippen LogP contribution in [0, 0.1) is 6.92 Å². The Hall–Kier alpha value is -3.57. The number of aliphatic hydroxyl groups excluding tert-OH is 1. The maximum Gasteiger partial charge on any atom is 0.295 e. The quantitative estimate of drug-likeness (QED) is 0.235. The Morgan fingerprint density at radius 1 is 1.00 bits per heavy atom. The number of rotatable bonds is 6. The number of benzene rings is 3. The lowest BCUT2D eigenvalue weighted by molar-refractivity contribution is -0.141. The monoisotopic (exact) mass is 501 g/mol. The van der Waals surface area contributed by atoms with Gasteiger partial charge in [0, 0.05) is 16.6 Å². The van der Waals surface area contributed by atoms with Crippen LogP contribution in [0.25, 0.3) is 5.76 Å². The van der Waals surface area contributed by atoms with Crippen LogP contribution >= 0.6 is 11.6 Å². The molecule has 1 unspecified atom stereocenters. The number of amides is 1. The average molecular weight is 502 g/mol. The van der Waals surface area contributed by atoms with E-state index in [0.717, 1.165) is 42.4 Å². The Labute approximate surface area is 216 Å². The average Bonchev–Trinajstić information content (AvgIpc) is 3.50. The molecule has 2 aliphatic rings. The SMILES string of the molecule is Cc1cc(/C(O)=C2/C(=O)C(=O)N(C3CCCC3)C2c2ccc(Cl)cc2)ccc1OCc1ccccc1.